The van der Waals surface area contributed by atoms with Crippen LogP contribution in [0.4, 0.5) is 4.39 Å². The first kappa shape index (κ1) is 10.5. The monoisotopic (exact) mass is 194 g/mol. The summed E-state index contributed by atoms with van der Waals surface area (Å²) in [6.45, 7) is 0. The second-order valence-electron chi connectivity index (χ2n) is 2.90. The van der Waals surface area contributed by atoms with E-state index in [-0.39, 0.29) is 12.2 Å². The van der Waals surface area contributed by atoms with Crippen LogP contribution in [0.15, 0.2) is 18.2 Å². The highest BCUT2D eigenvalue weighted by molar-refractivity contribution is 5.35. The van der Waals surface area contributed by atoms with Gasteiger partial charge in [0.15, 0.2) is 0 Å². The van der Waals surface area contributed by atoms with E-state index in [2.05, 4.69) is 0 Å². The van der Waals surface area contributed by atoms with Crippen molar-refractivity contribution in [3.05, 3.63) is 29.6 Å². The number of benzene rings is 1. The number of ether oxygens (including phenoxy) is 1. The maximum atomic E-state index is 12.9. The molecule has 0 heterocycles. The Morgan fingerprint density at radius 2 is 2.36 bits per heavy atom. The van der Waals surface area contributed by atoms with E-state index in [1.165, 1.54) is 25.3 Å². The molecule has 0 aliphatic rings. The Hall–Kier alpha value is -1.60. The predicted molar refractivity (Wildman–Crippen MR) is 50.2 cm³/mol. The van der Waals surface area contributed by atoms with Gasteiger partial charge in [0.2, 0.25) is 0 Å². The van der Waals surface area contributed by atoms with Crippen molar-refractivity contribution in [2.24, 2.45) is 5.73 Å². The highest BCUT2D eigenvalue weighted by Crippen LogP contribution is 2.20. The van der Waals surface area contributed by atoms with Crippen LogP contribution >= 0.6 is 0 Å². The molecule has 1 aromatic rings. The van der Waals surface area contributed by atoms with Gasteiger partial charge in [0.05, 0.1) is 19.2 Å². The van der Waals surface area contributed by atoms with Crippen LogP contribution in [0.25, 0.3) is 0 Å². The summed E-state index contributed by atoms with van der Waals surface area (Å²) in [4.78, 5) is 0. The molecular weight excluding hydrogens is 183 g/mol. The Morgan fingerprint density at radius 1 is 1.64 bits per heavy atom. The molecule has 0 saturated carbocycles. The summed E-state index contributed by atoms with van der Waals surface area (Å²) < 4.78 is 17.9. The van der Waals surface area contributed by atoms with Gasteiger partial charge in [-0.15, -0.1) is 0 Å². The van der Waals surface area contributed by atoms with Gasteiger partial charge in [-0.25, -0.2) is 4.39 Å². The fourth-order valence-corrected chi connectivity index (χ4v) is 1.19. The lowest BCUT2D eigenvalue weighted by Gasteiger charge is -2.09. The molecule has 4 heteroatoms. The zero-order chi connectivity index (χ0) is 10.6. The molecule has 1 aromatic carbocycles. The molecule has 14 heavy (non-hydrogen) atoms. The lowest BCUT2D eigenvalue weighted by Crippen LogP contribution is -2.20. The number of nitrogens with zero attached hydrogens (tertiary/aromatic N) is 1. The van der Waals surface area contributed by atoms with Gasteiger partial charge in [-0.05, 0) is 23.8 Å². The van der Waals surface area contributed by atoms with Gasteiger partial charge in [-0.3, -0.25) is 0 Å². The van der Waals surface area contributed by atoms with E-state index in [0.717, 1.165) is 0 Å². The molecule has 1 unspecified atom stereocenters. The largest absolute Gasteiger partial charge is 0.496 e. The summed E-state index contributed by atoms with van der Waals surface area (Å²) in [5.74, 6) is 0.197. The first-order valence-electron chi connectivity index (χ1n) is 4.15. The van der Waals surface area contributed by atoms with E-state index in [0.29, 0.717) is 11.3 Å². The molecule has 0 spiro atoms. The minimum atomic E-state index is -0.634. The molecule has 3 nitrogen and oxygen atoms in total. The number of halogens is 1. The van der Waals surface area contributed by atoms with Crippen LogP contribution < -0.4 is 10.5 Å². The summed E-state index contributed by atoms with van der Waals surface area (Å²) in [7, 11) is 1.49. The Kier molecular flexibility index (Phi) is 3.43. The molecule has 0 aliphatic heterocycles. The van der Waals surface area contributed by atoms with Crippen molar-refractivity contribution in [1.82, 2.24) is 0 Å². The van der Waals surface area contributed by atoms with Gasteiger partial charge < -0.3 is 10.5 Å². The van der Waals surface area contributed by atoms with Crippen LogP contribution in [-0.2, 0) is 6.42 Å². The molecule has 74 valence electrons. The fraction of sp³-hybridized carbons (Fsp3) is 0.300. The van der Waals surface area contributed by atoms with E-state index in [4.69, 9.17) is 15.7 Å². The zero-order valence-electron chi connectivity index (χ0n) is 7.83. The third kappa shape index (κ3) is 2.44. The SMILES string of the molecule is COc1ccc(F)cc1CC(N)C#N. The fourth-order valence-electron chi connectivity index (χ4n) is 1.19. The smallest absolute Gasteiger partial charge is 0.123 e. The lowest BCUT2D eigenvalue weighted by atomic mass is 10.1. The maximum absolute atomic E-state index is 12.9. The Balaban J connectivity index is 2.94. The summed E-state index contributed by atoms with van der Waals surface area (Å²) in [6.07, 6.45) is 0.289. The van der Waals surface area contributed by atoms with Gasteiger partial charge in [0, 0.05) is 6.42 Å². The zero-order valence-corrected chi connectivity index (χ0v) is 7.83. The average Bonchev–Trinajstić information content (AvgIpc) is 2.18. The third-order valence-electron chi connectivity index (χ3n) is 1.85. The molecule has 1 rings (SSSR count). The summed E-state index contributed by atoms with van der Waals surface area (Å²) in [6, 6.07) is 5.41. The first-order valence-corrected chi connectivity index (χ1v) is 4.15. The van der Waals surface area contributed by atoms with E-state index < -0.39 is 6.04 Å². The minimum absolute atomic E-state index is 0.289. The topological polar surface area (TPSA) is 59.0 Å². The van der Waals surface area contributed by atoms with Crippen molar-refractivity contribution in [3.63, 3.8) is 0 Å². The van der Waals surface area contributed by atoms with Crippen LogP contribution in [0.1, 0.15) is 5.56 Å². The van der Waals surface area contributed by atoms with Gasteiger partial charge in [0.25, 0.3) is 0 Å². The molecule has 0 aromatic heterocycles. The van der Waals surface area contributed by atoms with Crippen LogP contribution in [0.2, 0.25) is 0 Å². The molecule has 0 bridgehead atoms. The Bertz CT molecular complexity index is 360. The van der Waals surface area contributed by atoms with Crippen molar-refractivity contribution in [2.75, 3.05) is 7.11 Å². The quantitative estimate of drug-likeness (QED) is 0.787. The van der Waals surface area contributed by atoms with Crippen molar-refractivity contribution in [2.45, 2.75) is 12.5 Å². The molecule has 0 fully saturated rings. The predicted octanol–water partition coefficient (Wildman–Crippen LogP) is 1.23. The number of hydrogen-bond donors (Lipinski definition) is 1. The van der Waals surface area contributed by atoms with Crippen LogP contribution in [0.3, 0.4) is 0 Å². The van der Waals surface area contributed by atoms with Crippen molar-refractivity contribution in [3.8, 4) is 11.8 Å². The number of nitrogens with two attached hydrogens (primary N) is 1. The van der Waals surface area contributed by atoms with Crippen molar-refractivity contribution < 1.29 is 9.13 Å². The summed E-state index contributed by atoms with van der Waals surface area (Å²) in [5.41, 5.74) is 6.05. The number of hydrogen-bond acceptors (Lipinski definition) is 3. The maximum Gasteiger partial charge on any atom is 0.123 e. The van der Waals surface area contributed by atoms with Crippen molar-refractivity contribution in [1.29, 1.82) is 5.26 Å². The first-order chi connectivity index (χ1) is 6.67. The minimum Gasteiger partial charge on any atom is -0.496 e. The van der Waals surface area contributed by atoms with Crippen molar-refractivity contribution >= 4 is 0 Å². The van der Waals surface area contributed by atoms with Crippen LogP contribution in [0, 0.1) is 17.1 Å². The number of methoxy groups -OCH3 is 1. The number of nitriles is 1. The van der Waals surface area contributed by atoms with Gasteiger partial charge in [0.1, 0.15) is 11.6 Å². The van der Waals surface area contributed by atoms with E-state index in [1.807, 2.05) is 6.07 Å². The molecule has 0 radical (unpaired) electrons. The van der Waals surface area contributed by atoms with E-state index in [9.17, 15) is 4.39 Å². The normalized spacial score (nSPS) is 11.9. The van der Waals surface area contributed by atoms with Crippen LogP contribution in [-0.4, -0.2) is 13.2 Å². The third-order valence-corrected chi connectivity index (χ3v) is 1.85. The van der Waals surface area contributed by atoms with Gasteiger partial charge in [-0.2, -0.15) is 5.26 Å². The second kappa shape index (κ2) is 4.58. The standard InChI is InChI=1S/C10H11FN2O/c1-14-10-3-2-8(11)4-7(10)5-9(13)6-12/h2-4,9H,5,13H2,1H3. The molecule has 2 N–H and O–H groups in total. The highest BCUT2D eigenvalue weighted by atomic mass is 19.1. The summed E-state index contributed by atoms with van der Waals surface area (Å²) >= 11 is 0. The Labute approximate surface area is 81.9 Å². The second-order valence-corrected chi connectivity index (χ2v) is 2.90. The van der Waals surface area contributed by atoms with E-state index in [1.54, 1.807) is 0 Å². The molecule has 0 amide bonds. The van der Waals surface area contributed by atoms with E-state index >= 15 is 0 Å². The Morgan fingerprint density at radius 3 is 2.93 bits per heavy atom. The average molecular weight is 194 g/mol. The molecular formula is C10H11FN2O. The number of rotatable bonds is 3. The molecule has 0 saturated heterocycles. The highest BCUT2D eigenvalue weighted by Gasteiger charge is 2.08. The van der Waals surface area contributed by atoms with Gasteiger partial charge in [-0.1, -0.05) is 0 Å². The molecule has 1 atom stereocenters. The summed E-state index contributed by atoms with van der Waals surface area (Å²) in [5, 5.41) is 8.52. The molecule has 0 aliphatic carbocycles. The van der Waals surface area contributed by atoms with Crippen LogP contribution in [0.5, 0.6) is 5.75 Å². The van der Waals surface area contributed by atoms with Gasteiger partial charge >= 0.3 is 0 Å². The lowest BCUT2D eigenvalue weighted by molar-refractivity contribution is 0.407.